The summed E-state index contributed by atoms with van der Waals surface area (Å²) in [5, 5.41) is 0. The third kappa shape index (κ3) is 5.34. The van der Waals surface area contributed by atoms with Gasteiger partial charge in [0, 0.05) is 5.92 Å². The molecule has 0 fully saturated rings. The van der Waals surface area contributed by atoms with Gasteiger partial charge in [-0.1, -0.05) is 145 Å². The molecule has 35 heavy (non-hydrogen) atoms. The Balaban J connectivity index is 1.55. The van der Waals surface area contributed by atoms with Crippen molar-refractivity contribution in [1.82, 2.24) is 0 Å². The van der Waals surface area contributed by atoms with Crippen molar-refractivity contribution in [3.8, 4) is 0 Å². The molecule has 0 amide bonds. The summed E-state index contributed by atoms with van der Waals surface area (Å²) in [5.41, 5.74) is 11.4. The Bertz CT molecular complexity index is 1300. The lowest BCUT2D eigenvalue weighted by Crippen LogP contribution is -2.03. The van der Waals surface area contributed by atoms with Crippen LogP contribution in [0.25, 0.3) is 11.6 Å². The van der Waals surface area contributed by atoms with Crippen LogP contribution >= 0.6 is 0 Å². The van der Waals surface area contributed by atoms with Gasteiger partial charge >= 0.3 is 0 Å². The summed E-state index contributed by atoms with van der Waals surface area (Å²) in [4.78, 5) is 0. The second-order valence-electron chi connectivity index (χ2n) is 9.21. The van der Waals surface area contributed by atoms with Gasteiger partial charge in [-0.3, -0.25) is 0 Å². The molecule has 0 saturated heterocycles. The molecule has 0 nitrogen and oxygen atoms in total. The summed E-state index contributed by atoms with van der Waals surface area (Å²) in [6.07, 6.45) is 2.29. The van der Waals surface area contributed by atoms with E-state index in [0.717, 1.165) is 0 Å². The molecule has 0 aromatic heterocycles. The quantitative estimate of drug-likeness (QED) is 0.179. The molecule has 0 aliphatic rings. The van der Waals surface area contributed by atoms with Crippen molar-refractivity contribution in [2.45, 2.75) is 19.8 Å². The normalized spacial score (nSPS) is 10.8. The highest BCUT2D eigenvalue weighted by Crippen LogP contribution is 2.33. The van der Waals surface area contributed by atoms with Gasteiger partial charge in [0.05, 0.1) is 0 Å². The van der Waals surface area contributed by atoms with Crippen LogP contribution in [0.3, 0.4) is 0 Å². The Labute approximate surface area is 209 Å². The Hall–Kier alpha value is -4.16. The summed E-state index contributed by atoms with van der Waals surface area (Å²) in [5.74, 6) is 0.206. The van der Waals surface area contributed by atoms with Gasteiger partial charge in [-0.25, -0.2) is 0 Å². The molecule has 0 heterocycles. The maximum absolute atomic E-state index is 2.29. The van der Waals surface area contributed by atoms with E-state index in [9.17, 15) is 0 Å². The second kappa shape index (κ2) is 10.4. The van der Waals surface area contributed by atoms with Gasteiger partial charge in [0.15, 0.2) is 0 Å². The molecule has 0 saturated carbocycles. The maximum atomic E-state index is 2.29. The van der Waals surface area contributed by atoms with Gasteiger partial charge in [-0.05, 0) is 58.9 Å². The third-order valence-corrected chi connectivity index (χ3v) is 6.57. The van der Waals surface area contributed by atoms with E-state index in [1.165, 1.54) is 50.1 Å². The van der Waals surface area contributed by atoms with Gasteiger partial charge in [0.2, 0.25) is 0 Å². The average molecular weight is 451 g/mol. The van der Waals surface area contributed by atoms with E-state index in [-0.39, 0.29) is 5.92 Å². The minimum absolute atomic E-state index is 0.206. The predicted molar refractivity (Wildman–Crippen MR) is 150 cm³/mol. The number of aryl methyl sites for hydroxylation is 2. The zero-order chi connectivity index (χ0) is 24.0. The van der Waals surface area contributed by atoms with E-state index in [2.05, 4.69) is 153 Å². The number of benzene rings is 5. The minimum Gasteiger partial charge on any atom is -0.0622 e. The summed E-state index contributed by atoms with van der Waals surface area (Å²) in [6, 6.07) is 48.2. The van der Waals surface area contributed by atoms with Crippen LogP contribution < -0.4 is 0 Å². The molecule has 0 aliphatic carbocycles. The van der Waals surface area contributed by atoms with Crippen molar-refractivity contribution < 1.29 is 0 Å². The molecule has 0 aliphatic heterocycles. The molecule has 0 heteroatoms. The van der Waals surface area contributed by atoms with E-state index >= 15 is 0 Å². The van der Waals surface area contributed by atoms with Crippen molar-refractivity contribution in [2.24, 2.45) is 0 Å². The third-order valence-electron chi connectivity index (χ3n) is 6.57. The van der Waals surface area contributed by atoms with Gasteiger partial charge in [0.25, 0.3) is 0 Å². The number of rotatable bonds is 6. The Morgan fingerprint density at radius 1 is 0.457 bits per heavy atom. The maximum Gasteiger partial charge on any atom is 0.0340 e. The molecule has 0 bridgehead atoms. The monoisotopic (exact) mass is 450 g/mol. The zero-order valence-electron chi connectivity index (χ0n) is 20.4. The first-order valence-electron chi connectivity index (χ1n) is 12.2. The molecule has 0 unspecified atom stereocenters. The Morgan fingerprint density at radius 2 is 0.829 bits per heavy atom. The van der Waals surface area contributed by atoms with Crippen LogP contribution in [0.2, 0.25) is 0 Å². The van der Waals surface area contributed by atoms with Crippen molar-refractivity contribution in [1.29, 1.82) is 0 Å². The van der Waals surface area contributed by atoms with E-state index in [4.69, 9.17) is 0 Å². The standard InChI is InChI=1S/C35H30/c1-26-13-19-31(20-14-26)35(32-21-15-27(2)16-22-32)33-23-17-28(18-24-33)25-34(29-9-5-3-6-10-29)30-11-7-4-8-12-30/h3-25,35H,1-2H3. The Morgan fingerprint density at radius 3 is 1.23 bits per heavy atom. The highest BCUT2D eigenvalue weighted by atomic mass is 14.2. The SMILES string of the molecule is Cc1ccc(C(c2ccc(C)cc2)c2ccc(C=C(c3ccccc3)c3ccccc3)cc2)cc1. The molecule has 5 aromatic carbocycles. The number of hydrogen-bond donors (Lipinski definition) is 0. The van der Waals surface area contributed by atoms with Gasteiger partial charge in [-0.2, -0.15) is 0 Å². The van der Waals surface area contributed by atoms with E-state index < -0.39 is 0 Å². The highest BCUT2D eigenvalue weighted by molar-refractivity contribution is 5.91. The first kappa shape index (κ1) is 22.6. The lowest BCUT2D eigenvalue weighted by atomic mass is 9.84. The van der Waals surface area contributed by atoms with Crippen LogP contribution in [-0.2, 0) is 0 Å². The summed E-state index contributed by atoms with van der Waals surface area (Å²) in [6.45, 7) is 4.28. The van der Waals surface area contributed by atoms with Crippen LogP contribution in [0.5, 0.6) is 0 Å². The lowest BCUT2D eigenvalue weighted by molar-refractivity contribution is 0.974. The van der Waals surface area contributed by atoms with E-state index in [1.807, 2.05) is 0 Å². The predicted octanol–water partition coefficient (Wildman–Crippen LogP) is 9.07. The summed E-state index contributed by atoms with van der Waals surface area (Å²) >= 11 is 0. The van der Waals surface area contributed by atoms with Crippen molar-refractivity contribution in [3.63, 3.8) is 0 Å². The average Bonchev–Trinajstić information content (AvgIpc) is 2.91. The fraction of sp³-hybridized carbons (Fsp3) is 0.0857. The molecule has 5 rings (SSSR count). The molecule has 5 aromatic rings. The van der Waals surface area contributed by atoms with E-state index in [1.54, 1.807) is 0 Å². The van der Waals surface area contributed by atoms with Crippen LogP contribution in [-0.4, -0.2) is 0 Å². The highest BCUT2D eigenvalue weighted by Gasteiger charge is 2.17. The molecule has 0 atom stereocenters. The Kier molecular flexibility index (Phi) is 6.73. The summed E-state index contributed by atoms with van der Waals surface area (Å²) in [7, 11) is 0. The molecule has 0 spiro atoms. The second-order valence-corrected chi connectivity index (χ2v) is 9.21. The topological polar surface area (TPSA) is 0 Å². The summed E-state index contributed by atoms with van der Waals surface area (Å²) < 4.78 is 0. The van der Waals surface area contributed by atoms with Crippen LogP contribution in [0.4, 0.5) is 0 Å². The largest absolute Gasteiger partial charge is 0.0622 e. The first-order chi connectivity index (χ1) is 17.2. The van der Waals surface area contributed by atoms with Crippen molar-refractivity contribution >= 4 is 11.6 Å². The fourth-order valence-corrected chi connectivity index (χ4v) is 4.62. The molecule has 0 N–H and O–H groups in total. The van der Waals surface area contributed by atoms with Gasteiger partial charge in [0.1, 0.15) is 0 Å². The fourth-order valence-electron chi connectivity index (χ4n) is 4.62. The number of hydrogen-bond acceptors (Lipinski definition) is 0. The first-order valence-corrected chi connectivity index (χ1v) is 12.2. The van der Waals surface area contributed by atoms with Crippen LogP contribution in [0, 0.1) is 13.8 Å². The van der Waals surface area contributed by atoms with Crippen LogP contribution in [0.15, 0.2) is 133 Å². The van der Waals surface area contributed by atoms with Crippen molar-refractivity contribution in [2.75, 3.05) is 0 Å². The lowest BCUT2D eigenvalue weighted by Gasteiger charge is -2.20. The molecular weight excluding hydrogens is 420 g/mol. The van der Waals surface area contributed by atoms with Crippen molar-refractivity contribution in [3.05, 3.63) is 178 Å². The molecular formula is C35H30. The smallest absolute Gasteiger partial charge is 0.0340 e. The van der Waals surface area contributed by atoms with Gasteiger partial charge < -0.3 is 0 Å². The van der Waals surface area contributed by atoms with E-state index in [0.29, 0.717) is 0 Å². The van der Waals surface area contributed by atoms with Crippen LogP contribution in [0.1, 0.15) is 50.4 Å². The minimum atomic E-state index is 0.206. The zero-order valence-corrected chi connectivity index (χ0v) is 20.4. The molecule has 0 radical (unpaired) electrons. The molecule has 170 valence electrons. The van der Waals surface area contributed by atoms with Gasteiger partial charge in [-0.15, -0.1) is 0 Å².